The van der Waals surface area contributed by atoms with Gasteiger partial charge in [-0.1, -0.05) is 47.6 Å². The average molecular weight is 393 g/mol. The monoisotopic (exact) mass is 392 g/mol. The number of thiophene rings is 1. The zero-order chi connectivity index (χ0) is 17.8. The van der Waals surface area contributed by atoms with Crippen molar-refractivity contribution in [3.8, 4) is 10.7 Å². The highest BCUT2D eigenvalue weighted by atomic mass is 35.5. The van der Waals surface area contributed by atoms with Crippen LogP contribution in [0.4, 0.5) is 0 Å². The molecule has 1 amide bonds. The van der Waals surface area contributed by atoms with Crippen molar-refractivity contribution in [3.05, 3.63) is 52.4 Å². The Bertz CT molecular complexity index is 863. The number of hydrogen-bond donors (Lipinski definition) is 1. The molecule has 2 aromatic heterocycles. The minimum atomic E-state index is -0.150. The van der Waals surface area contributed by atoms with Crippen LogP contribution in [0.15, 0.2) is 46.9 Å². The lowest BCUT2D eigenvalue weighted by molar-refractivity contribution is -0.119. The van der Waals surface area contributed by atoms with Gasteiger partial charge in [-0.05, 0) is 30.0 Å². The van der Waals surface area contributed by atoms with Crippen molar-refractivity contribution >= 4 is 40.6 Å². The van der Waals surface area contributed by atoms with Crippen LogP contribution in [-0.4, -0.2) is 26.4 Å². The summed E-state index contributed by atoms with van der Waals surface area (Å²) >= 11 is 9.15. The van der Waals surface area contributed by atoms with E-state index >= 15 is 0 Å². The summed E-state index contributed by atoms with van der Waals surface area (Å²) in [5.74, 6) is 1.01. The van der Waals surface area contributed by atoms with Crippen LogP contribution in [0, 0.1) is 0 Å². The summed E-state index contributed by atoms with van der Waals surface area (Å²) in [5, 5.41) is 14.7. The van der Waals surface area contributed by atoms with Gasteiger partial charge in [-0.25, -0.2) is 0 Å². The van der Waals surface area contributed by atoms with Crippen LogP contribution in [0.1, 0.15) is 18.5 Å². The molecule has 0 aliphatic heterocycles. The molecule has 0 saturated carbocycles. The Hall–Kier alpha value is -1.83. The van der Waals surface area contributed by atoms with Crippen molar-refractivity contribution in [1.82, 2.24) is 20.1 Å². The average Bonchev–Trinajstić information content (AvgIpc) is 3.23. The number of benzene rings is 1. The highest BCUT2D eigenvalue weighted by Gasteiger charge is 2.15. The van der Waals surface area contributed by atoms with Crippen LogP contribution >= 0.6 is 34.7 Å². The van der Waals surface area contributed by atoms with Crippen LogP contribution in [0.25, 0.3) is 10.7 Å². The van der Waals surface area contributed by atoms with E-state index in [1.807, 2.05) is 60.3 Å². The largest absolute Gasteiger partial charge is 0.349 e. The lowest BCUT2D eigenvalue weighted by Crippen LogP contribution is -2.28. The van der Waals surface area contributed by atoms with E-state index < -0.39 is 0 Å². The summed E-state index contributed by atoms with van der Waals surface area (Å²) in [7, 11) is 1.90. The molecule has 2 heterocycles. The third kappa shape index (κ3) is 4.23. The second-order valence-corrected chi connectivity index (χ2v) is 7.74. The lowest BCUT2D eigenvalue weighted by Gasteiger charge is -2.15. The number of aromatic nitrogens is 3. The minimum Gasteiger partial charge on any atom is -0.349 e. The fraction of sp³-hybridized carbons (Fsp3) is 0.235. The Balaban J connectivity index is 1.59. The molecule has 1 N–H and O–H groups in total. The predicted octanol–water partition coefficient (Wildman–Crippen LogP) is 4.17. The van der Waals surface area contributed by atoms with Crippen molar-refractivity contribution in [2.45, 2.75) is 18.1 Å². The van der Waals surface area contributed by atoms with E-state index in [0.29, 0.717) is 10.2 Å². The summed E-state index contributed by atoms with van der Waals surface area (Å²) in [4.78, 5) is 13.3. The van der Waals surface area contributed by atoms with Crippen LogP contribution < -0.4 is 5.32 Å². The molecular weight excluding hydrogens is 376 g/mol. The smallest absolute Gasteiger partial charge is 0.230 e. The molecule has 0 saturated heterocycles. The Morgan fingerprint density at radius 1 is 1.32 bits per heavy atom. The van der Waals surface area contributed by atoms with Gasteiger partial charge < -0.3 is 9.88 Å². The van der Waals surface area contributed by atoms with Gasteiger partial charge in [0, 0.05) is 12.1 Å². The number of thioether (sulfide) groups is 1. The van der Waals surface area contributed by atoms with E-state index in [1.165, 1.54) is 11.8 Å². The van der Waals surface area contributed by atoms with Gasteiger partial charge >= 0.3 is 0 Å². The second kappa shape index (κ2) is 8.03. The van der Waals surface area contributed by atoms with E-state index in [1.54, 1.807) is 11.3 Å². The standard InChI is InChI=1S/C17H17ClN4OS2/c1-11(12-6-3-4-7-13(12)18)19-15(23)10-25-17-21-20-16(22(17)2)14-8-5-9-24-14/h3-9,11H,10H2,1-2H3,(H,19,23). The predicted molar refractivity (Wildman–Crippen MR) is 103 cm³/mol. The SMILES string of the molecule is CC(NC(=O)CSc1nnc(-c2cccs2)n1C)c1ccccc1Cl. The molecule has 0 aliphatic carbocycles. The van der Waals surface area contributed by atoms with Crippen LogP contribution in [-0.2, 0) is 11.8 Å². The molecule has 1 atom stereocenters. The maximum atomic E-state index is 12.2. The third-order valence-corrected chi connectivity index (χ3v) is 5.89. The molecule has 0 aliphatic rings. The van der Waals surface area contributed by atoms with Gasteiger partial charge in [-0.2, -0.15) is 0 Å². The zero-order valence-corrected chi connectivity index (χ0v) is 16.2. The number of rotatable bonds is 6. The van der Waals surface area contributed by atoms with Crippen molar-refractivity contribution < 1.29 is 4.79 Å². The number of nitrogens with zero attached hydrogens (tertiary/aromatic N) is 3. The zero-order valence-electron chi connectivity index (χ0n) is 13.8. The van der Waals surface area contributed by atoms with Crippen LogP contribution in [0.3, 0.4) is 0 Å². The van der Waals surface area contributed by atoms with Crippen molar-refractivity contribution in [2.75, 3.05) is 5.75 Å². The fourth-order valence-corrected chi connectivity index (χ4v) is 4.14. The van der Waals surface area contributed by atoms with Gasteiger partial charge in [0.2, 0.25) is 5.91 Å². The Morgan fingerprint density at radius 3 is 2.84 bits per heavy atom. The molecule has 0 bridgehead atoms. The molecule has 3 aromatic rings. The quantitative estimate of drug-likeness (QED) is 0.639. The first-order valence-corrected chi connectivity index (χ1v) is 9.90. The highest BCUT2D eigenvalue weighted by molar-refractivity contribution is 7.99. The topological polar surface area (TPSA) is 59.8 Å². The number of carbonyl (C=O) groups is 1. The van der Waals surface area contributed by atoms with Gasteiger partial charge in [0.15, 0.2) is 11.0 Å². The van der Waals surface area contributed by atoms with E-state index in [4.69, 9.17) is 11.6 Å². The maximum absolute atomic E-state index is 12.2. The Kier molecular flexibility index (Phi) is 5.78. The highest BCUT2D eigenvalue weighted by Crippen LogP contribution is 2.26. The lowest BCUT2D eigenvalue weighted by atomic mass is 10.1. The normalized spacial score (nSPS) is 12.1. The van der Waals surface area contributed by atoms with E-state index in [0.717, 1.165) is 16.3 Å². The molecular formula is C17H17ClN4OS2. The number of halogens is 1. The van der Waals surface area contributed by atoms with Crippen molar-refractivity contribution in [1.29, 1.82) is 0 Å². The molecule has 1 unspecified atom stereocenters. The summed E-state index contributed by atoms with van der Waals surface area (Å²) in [6, 6.07) is 11.3. The molecule has 5 nitrogen and oxygen atoms in total. The number of hydrogen-bond acceptors (Lipinski definition) is 5. The molecule has 8 heteroatoms. The van der Waals surface area contributed by atoms with Gasteiger partial charge in [0.25, 0.3) is 0 Å². The molecule has 1 aromatic carbocycles. The molecule has 130 valence electrons. The Labute approximate surface area is 159 Å². The molecule has 25 heavy (non-hydrogen) atoms. The first-order valence-electron chi connectivity index (χ1n) is 7.66. The summed E-state index contributed by atoms with van der Waals surface area (Å²) in [6.45, 7) is 1.92. The van der Waals surface area contributed by atoms with Gasteiger partial charge in [-0.3, -0.25) is 4.79 Å². The number of nitrogens with one attached hydrogen (secondary N) is 1. The minimum absolute atomic E-state index is 0.0712. The molecule has 0 spiro atoms. The summed E-state index contributed by atoms with van der Waals surface area (Å²) in [6.07, 6.45) is 0. The second-order valence-electron chi connectivity index (χ2n) is 5.44. The summed E-state index contributed by atoms with van der Waals surface area (Å²) < 4.78 is 1.90. The van der Waals surface area contributed by atoms with E-state index in [9.17, 15) is 4.79 Å². The van der Waals surface area contributed by atoms with E-state index in [2.05, 4.69) is 15.5 Å². The van der Waals surface area contributed by atoms with Crippen LogP contribution in [0.5, 0.6) is 0 Å². The fourth-order valence-electron chi connectivity index (χ4n) is 2.38. The van der Waals surface area contributed by atoms with E-state index in [-0.39, 0.29) is 17.7 Å². The van der Waals surface area contributed by atoms with Gasteiger partial charge in [0.1, 0.15) is 0 Å². The Morgan fingerprint density at radius 2 is 2.12 bits per heavy atom. The molecule has 3 rings (SSSR count). The first-order chi connectivity index (χ1) is 12.1. The maximum Gasteiger partial charge on any atom is 0.230 e. The molecule has 0 fully saturated rings. The van der Waals surface area contributed by atoms with Crippen LogP contribution in [0.2, 0.25) is 5.02 Å². The number of amides is 1. The van der Waals surface area contributed by atoms with Gasteiger partial charge in [0.05, 0.1) is 16.7 Å². The third-order valence-electron chi connectivity index (χ3n) is 3.66. The van der Waals surface area contributed by atoms with Crippen molar-refractivity contribution in [2.24, 2.45) is 7.05 Å². The van der Waals surface area contributed by atoms with Gasteiger partial charge in [-0.15, -0.1) is 21.5 Å². The summed E-state index contributed by atoms with van der Waals surface area (Å²) in [5.41, 5.74) is 0.904. The number of carbonyl (C=O) groups excluding carboxylic acids is 1. The first kappa shape index (κ1) is 18.0. The van der Waals surface area contributed by atoms with Crippen molar-refractivity contribution in [3.63, 3.8) is 0 Å². The molecule has 0 radical (unpaired) electrons.